The van der Waals surface area contributed by atoms with Crippen molar-refractivity contribution in [1.29, 1.82) is 0 Å². The zero-order valence-corrected chi connectivity index (χ0v) is 9.44. The Morgan fingerprint density at radius 1 is 1.13 bits per heavy atom. The predicted octanol–water partition coefficient (Wildman–Crippen LogP) is 1.72. The second-order valence-corrected chi connectivity index (χ2v) is 3.60. The Hall–Kier alpha value is -1.58. The molecule has 0 bridgehead atoms. The van der Waals surface area contributed by atoms with Crippen molar-refractivity contribution in [2.24, 2.45) is 0 Å². The first-order chi connectivity index (χ1) is 7.24. The summed E-state index contributed by atoms with van der Waals surface area (Å²) in [6, 6.07) is 6.13. The summed E-state index contributed by atoms with van der Waals surface area (Å²) < 4.78 is 0. The Kier molecular flexibility index (Phi) is 2.58. The van der Waals surface area contributed by atoms with Crippen molar-refractivity contribution in [3.8, 4) is 0 Å². The van der Waals surface area contributed by atoms with E-state index in [1.807, 2.05) is 6.07 Å². The second kappa shape index (κ2) is 3.88. The van der Waals surface area contributed by atoms with Crippen molar-refractivity contribution in [2.75, 3.05) is 18.1 Å². The van der Waals surface area contributed by atoms with Crippen molar-refractivity contribution in [3.63, 3.8) is 0 Å². The van der Waals surface area contributed by atoms with Crippen LogP contribution >= 0.6 is 0 Å². The van der Waals surface area contributed by atoms with Crippen molar-refractivity contribution >= 4 is 11.0 Å². The van der Waals surface area contributed by atoms with Gasteiger partial charge in [0.1, 0.15) is 11.0 Å². The molecule has 0 spiro atoms. The lowest BCUT2D eigenvalue weighted by molar-refractivity contribution is 0.499. The topological polar surface area (TPSA) is 34.0 Å². The number of fused-ring (bicyclic) bond motifs is 1. The van der Waals surface area contributed by atoms with E-state index in [1.165, 1.54) is 5.56 Å². The minimum atomic E-state index is 0.913. The van der Waals surface area contributed by atoms with Gasteiger partial charge in [0.15, 0.2) is 0 Å². The molecular weight excluding hydrogens is 188 g/mol. The average molecular weight is 204 g/mol. The molecule has 1 heterocycles. The van der Waals surface area contributed by atoms with Gasteiger partial charge < -0.3 is 0 Å². The molecule has 2 aromatic rings. The fourth-order valence-corrected chi connectivity index (χ4v) is 1.62. The quantitative estimate of drug-likeness (QED) is 0.763. The van der Waals surface area contributed by atoms with E-state index in [9.17, 15) is 0 Å². The highest BCUT2D eigenvalue weighted by Gasteiger charge is 2.06. The molecule has 0 saturated carbocycles. The molecule has 0 amide bonds. The van der Waals surface area contributed by atoms with Crippen LogP contribution in [-0.4, -0.2) is 28.2 Å². The van der Waals surface area contributed by atoms with Gasteiger partial charge in [-0.05, 0) is 38.5 Å². The summed E-state index contributed by atoms with van der Waals surface area (Å²) in [6.45, 7) is 8.09. The number of benzene rings is 1. The first-order valence-corrected chi connectivity index (χ1v) is 5.33. The molecule has 4 nitrogen and oxygen atoms in total. The average Bonchev–Trinajstić information content (AvgIpc) is 2.62. The van der Waals surface area contributed by atoms with Crippen molar-refractivity contribution in [3.05, 3.63) is 23.8 Å². The van der Waals surface area contributed by atoms with E-state index in [2.05, 4.69) is 48.1 Å². The molecule has 0 atom stereocenters. The molecule has 0 saturated heterocycles. The van der Waals surface area contributed by atoms with Crippen LogP contribution in [0, 0.1) is 6.92 Å². The van der Waals surface area contributed by atoms with Crippen LogP contribution in [0.1, 0.15) is 19.4 Å². The van der Waals surface area contributed by atoms with Crippen LogP contribution in [0.25, 0.3) is 11.0 Å². The predicted molar refractivity (Wildman–Crippen MR) is 61.6 cm³/mol. The van der Waals surface area contributed by atoms with E-state index >= 15 is 0 Å². The first kappa shape index (κ1) is 9.96. The van der Waals surface area contributed by atoms with Crippen LogP contribution < -0.4 is 5.01 Å². The third-order valence-corrected chi connectivity index (χ3v) is 2.51. The lowest BCUT2D eigenvalue weighted by atomic mass is 10.2. The lowest BCUT2D eigenvalue weighted by Crippen LogP contribution is -2.35. The van der Waals surface area contributed by atoms with E-state index < -0.39 is 0 Å². The minimum absolute atomic E-state index is 0.913. The van der Waals surface area contributed by atoms with Crippen LogP contribution in [0.2, 0.25) is 0 Å². The Bertz CT molecular complexity index is 457. The van der Waals surface area contributed by atoms with Crippen molar-refractivity contribution in [1.82, 2.24) is 15.1 Å². The zero-order valence-electron chi connectivity index (χ0n) is 9.44. The highest BCUT2D eigenvalue weighted by atomic mass is 15.8. The van der Waals surface area contributed by atoms with Crippen LogP contribution in [-0.2, 0) is 0 Å². The van der Waals surface area contributed by atoms with Gasteiger partial charge in [-0.25, -0.2) is 0 Å². The van der Waals surface area contributed by atoms with Gasteiger partial charge in [0, 0.05) is 13.1 Å². The van der Waals surface area contributed by atoms with Crippen LogP contribution in [0.5, 0.6) is 0 Å². The molecule has 0 unspecified atom stereocenters. The molecule has 0 aliphatic carbocycles. The lowest BCUT2D eigenvalue weighted by Gasteiger charge is -2.17. The molecule has 80 valence electrons. The number of hydrogen-bond donors (Lipinski definition) is 0. The molecule has 0 aliphatic rings. The van der Waals surface area contributed by atoms with E-state index in [4.69, 9.17) is 0 Å². The normalized spacial score (nSPS) is 10.9. The Morgan fingerprint density at radius 2 is 1.80 bits per heavy atom. The maximum Gasteiger partial charge on any atom is 0.115 e. The van der Waals surface area contributed by atoms with Gasteiger partial charge in [-0.3, -0.25) is 5.01 Å². The minimum Gasteiger partial charge on any atom is -0.280 e. The largest absolute Gasteiger partial charge is 0.280 e. The fourth-order valence-electron chi connectivity index (χ4n) is 1.62. The highest BCUT2D eigenvalue weighted by molar-refractivity contribution is 5.74. The Labute approximate surface area is 89.5 Å². The van der Waals surface area contributed by atoms with Gasteiger partial charge in [-0.1, -0.05) is 11.0 Å². The van der Waals surface area contributed by atoms with E-state index in [0.717, 1.165) is 24.1 Å². The Morgan fingerprint density at radius 3 is 2.47 bits per heavy atom. The summed E-state index contributed by atoms with van der Waals surface area (Å²) in [6.07, 6.45) is 0. The maximum atomic E-state index is 4.45. The Balaban J connectivity index is 2.46. The monoisotopic (exact) mass is 204 g/mol. The SMILES string of the molecule is CCN(CC)n1nc2ccc(C)cc2n1. The van der Waals surface area contributed by atoms with Gasteiger partial charge in [0.2, 0.25) is 0 Å². The maximum absolute atomic E-state index is 4.45. The van der Waals surface area contributed by atoms with Crippen LogP contribution in [0.4, 0.5) is 0 Å². The summed E-state index contributed by atoms with van der Waals surface area (Å²) in [5, 5.41) is 11.0. The summed E-state index contributed by atoms with van der Waals surface area (Å²) in [5.41, 5.74) is 3.13. The number of aryl methyl sites for hydroxylation is 1. The number of rotatable bonds is 3. The standard InChI is InChI=1S/C11H16N4/c1-4-14(5-2)15-12-10-7-6-9(3)8-11(10)13-15/h6-8H,4-5H2,1-3H3. The molecule has 0 fully saturated rings. The van der Waals surface area contributed by atoms with E-state index in [1.54, 1.807) is 4.91 Å². The van der Waals surface area contributed by atoms with Crippen LogP contribution in [0.15, 0.2) is 18.2 Å². The molecule has 0 aliphatic heterocycles. The molecule has 1 aromatic heterocycles. The molecular formula is C11H16N4. The van der Waals surface area contributed by atoms with Crippen molar-refractivity contribution in [2.45, 2.75) is 20.8 Å². The molecule has 0 radical (unpaired) electrons. The third-order valence-electron chi connectivity index (χ3n) is 2.51. The number of hydrogen-bond acceptors (Lipinski definition) is 3. The molecule has 4 heteroatoms. The van der Waals surface area contributed by atoms with Gasteiger partial charge in [0.05, 0.1) is 0 Å². The zero-order chi connectivity index (χ0) is 10.8. The fraction of sp³-hybridized carbons (Fsp3) is 0.455. The molecule has 15 heavy (non-hydrogen) atoms. The van der Waals surface area contributed by atoms with Gasteiger partial charge in [-0.2, -0.15) is 0 Å². The number of aromatic nitrogens is 3. The smallest absolute Gasteiger partial charge is 0.115 e. The van der Waals surface area contributed by atoms with Gasteiger partial charge in [-0.15, -0.1) is 10.2 Å². The van der Waals surface area contributed by atoms with Crippen molar-refractivity contribution < 1.29 is 0 Å². The van der Waals surface area contributed by atoms with E-state index in [0.29, 0.717) is 0 Å². The summed E-state index contributed by atoms with van der Waals surface area (Å²) >= 11 is 0. The molecule has 2 rings (SSSR count). The van der Waals surface area contributed by atoms with E-state index in [-0.39, 0.29) is 0 Å². The summed E-state index contributed by atoms with van der Waals surface area (Å²) in [5.74, 6) is 0. The van der Waals surface area contributed by atoms with Gasteiger partial charge >= 0.3 is 0 Å². The second-order valence-electron chi connectivity index (χ2n) is 3.60. The molecule has 0 N–H and O–H groups in total. The first-order valence-electron chi connectivity index (χ1n) is 5.33. The molecule has 1 aromatic carbocycles. The third kappa shape index (κ3) is 1.79. The summed E-state index contributed by atoms with van der Waals surface area (Å²) in [7, 11) is 0. The summed E-state index contributed by atoms with van der Waals surface area (Å²) in [4.78, 5) is 1.70. The van der Waals surface area contributed by atoms with Crippen LogP contribution in [0.3, 0.4) is 0 Å². The van der Waals surface area contributed by atoms with Gasteiger partial charge in [0.25, 0.3) is 0 Å². The highest BCUT2D eigenvalue weighted by Crippen LogP contribution is 2.10. The number of nitrogens with zero attached hydrogens (tertiary/aromatic N) is 4.